The van der Waals surface area contributed by atoms with E-state index < -0.39 is 56.3 Å². The first-order chi connectivity index (χ1) is 19.6. The first-order valence-electron chi connectivity index (χ1n) is 13.2. The van der Waals surface area contributed by atoms with Crippen molar-refractivity contribution in [1.82, 2.24) is 24.6 Å². The number of aryl methyl sites for hydroxylation is 1. The van der Waals surface area contributed by atoms with Gasteiger partial charge in [-0.3, -0.25) is 13.9 Å². The minimum absolute atomic E-state index is 0.0726. The molecule has 4 rings (SSSR count). The molecule has 1 aliphatic heterocycles. The number of aromatic nitrogens is 4. The maximum atomic E-state index is 16.3. The third-order valence-corrected chi connectivity index (χ3v) is 8.01. The Labute approximate surface area is 241 Å². The molecule has 1 aliphatic rings. The zero-order valence-corrected chi connectivity index (χ0v) is 25.2. The van der Waals surface area contributed by atoms with Crippen molar-refractivity contribution in [3.63, 3.8) is 0 Å². The number of nitrogens with one attached hydrogen (secondary N) is 1. The summed E-state index contributed by atoms with van der Waals surface area (Å²) in [5, 5.41) is 13.2. The van der Waals surface area contributed by atoms with Gasteiger partial charge in [-0.2, -0.15) is 5.09 Å². The van der Waals surface area contributed by atoms with Gasteiger partial charge < -0.3 is 24.0 Å². The molecule has 0 unspecified atom stereocenters. The molecular formula is C26H35F2N6O7P. The normalized spacial score (nSPS) is 26.3. The topological polar surface area (TPSA) is 150 Å². The quantitative estimate of drug-likeness (QED) is 0.241. The molecule has 0 radical (unpaired) electrons. The zero-order valence-electron chi connectivity index (χ0n) is 24.3. The number of para-hydroxylation sites is 1. The molecule has 13 nitrogen and oxygen atoms in total. The molecule has 1 saturated heterocycles. The van der Waals surface area contributed by atoms with E-state index in [1.54, 1.807) is 58.0 Å². The second kappa shape index (κ2) is 11.8. The molecule has 3 aromatic rings. The van der Waals surface area contributed by atoms with Crippen LogP contribution >= 0.6 is 7.75 Å². The van der Waals surface area contributed by atoms with Crippen molar-refractivity contribution in [2.24, 2.45) is 0 Å². The maximum Gasteiger partial charge on any atom is 0.459 e. The van der Waals surface area contributed by atoms with Gasteiger partial charge in [0.05, 0.1) is 12.4 Å². The van der Waals surface area contributed by atoms with E-state index in [0.29, 0.717) is 17.2 Å². The second-order valence-corrected chi connectivity index (χ2v) is 12.3. The number of halogens is 2. The number of carbonyl (C=O) groups excluding carboxylic acids is 1. The largest absolute Gasteiger partial charge is 0.462 e. The van der Waals surface area contributed by atoms with Gasteiger partial charge in [0.2, 0.25) is 0 Å². The van der Waals surface area contributed by atoms with E-state index in [-0.39, 0.29) is 11.4 Å². The van der Waals surface area contributed by atoms with Gasteiger partial charge in [-0.1, -0.05) is 18.2 Å². The Bertz CT molecular complexity index is 1470. The summed E-state index contributed by atoms with van der Waals surface area (Å²) in [6, 6.07) is 6.59. The van der Waals surface area contributed by atoms with Crippen molar-refractivity contribution < 1.29 is 41.8 Å². The van der Waals surface area contributed by atoms with Crippen LogP contribution in [0, 0.1) is 6.92 Å². The summed E-state index contributed by atoms with van der Waals surface area (Å²) >= 11 is 0. The number of aliphatic hydroxyl groups is 1. The number of benzene rings is 1. The average Bonchev–Trinajstić information content (AvgIpc) is 3.39. The van der Waals surface area contributed by atoms with Crippen LogP contribution in [0.25, 0.3) is 11.2 Å². The molecule has 1 fully saturated rings. The molecule has 2 aromatic heterocycles. The molecule has 0 bridgehead atoms. The molecule has 0 amide bonds. The first-order valence-corrected chi connectivity index (χ1v) is 14.7. The van der Waals surface area contributed by atoms with Gasteiger partial charge >= 0.3 is 13.7 Å². The van der Waals surface area contributed by atoms with E-state index >= 15 is 8.78 Å². The van der Waals surface area contributed by atoms with Crippen LogP contribution in [-0.2, 0) is 23.4 Å². The van der Waals surface area contributed by atoms with Gasteiger partial charge in [-0.05, 0) is 46.8 Å². The van der Waals surface area contributed by atoms with Gasteiger partial charge in [0.1, 0.15) is 24.2 Å². The van der Waals surface area contributed by atoms with Crippen LogP contribution in [0.5, 0.6) is 5.75 Å². The average molecular weight is 613 g/mol. The van der Waals surface area contributed by atoms with Crippen molar-refractivity contribution in [3.8, 4) is 5.75 Å². The van der Waals surface area contributed by atoms with Gasteiger partial charge in [0.15, 0.2) is 35.0 Å². The zero-order chi connectivity index (χ0) is 31.0. The standard InChI is InChI=1S/C26H35F2N6O7P/c1-15(2)39-22(35)16(3)32-42(37,41-18-11-9-8-10-12-18)38-13-26(28)23(36)25(5,27)24(40-26)34-14-29-19-20(33(6)7)30-17(4)31-21(19)34/h8-12,14-16,23-24,36H,13H2,1-7H3,(H,32,37)/t16-,23+,24-,25-,26-,42-/m1/s1. The fourth-order valence-corrected chi connectivity index (χ4v) is 5.87. The van der Waals surface area contributed by atoms with Gasteiger partial charge in [0.25, 0.3) is 5.85 Å². The number of ether oxygens (including phenoxy) is 2. The van der Waals surface area contributed by atoms with Crippen LogP contribution in [0.3, 0.4) is 0 Å². The lowest BCUT2D eigenvalue weighted by atomic mass is 9.97. The summed E-state index contributed by atoms with van der Waals surface area (Å²) in [4.78, 5) is 27.0. The molecular weight excluding hydrogens is 577 g/mol. The summed E-state index contributed by atoms with van der Waals surface area (Å²) < 4.78 is 68.7. The number of aliphatic hydroxyl groups excluding tert-OH is 1. The van der Waals surface area contributed by atoms with Crippen molar-refractivity contribution in [1.29, 1.82) is 0 Å². The van der Waals surface area contributed by atoms with E-state index in [4.69, 9.17) is 18.5 Å². The van der Waals surface area contributed by atoms with E-state index in [1.165, 1.54) is 25.4 Å². The minimum Gasteiger partial charge on any atom is -0.462 e. The van der Waals surface area contributed by atoms with Gasteiger partial charge in [-0.15, -0.1) is 0 Å². The van der Waals surface area contributed by atoms with Crippen LogP contribution in [-0.4, -0.2) is 81.1 Å². The number of esters is 1. The van der Waals surface area contributed by atoms with E-state index in [0.717, 1.165) is 11.5 Å². The molecule has 42 heavy (non-hydrogen) atoms. The number of carbonyl (C=O) groups is 1. The predicted octanol–water partition coefficient (Wildman–Crippen LogP) is 3.62. The van der Waals surface area contributed by atoms with E-state index in [9.17, 15) is 14.5 Å². The van der Waals surface area contributed by atoms with Crippen molar-refractivity contribution in [2.45, 2.75) is 70.6 Å². The van der Waals surface area contributed by atoms with E-state index in [1.807, 2.05) is 0 Å². The first kappa shape index (κ1) is 31.7. The van der Waals surface area contributed by atoms with Gasteiger partial charge in [0, 0.05) is 14.1 Å². The molecule has 0 spiro atoms. The highest BCUT2D eigenvalue weighted by Crippen LogP contribution is 2.52. The third-order valence-electron chi connectivity index (χ3n) is 6.38. The van der Waals surface area contributed by atoms with Crippen LogP contribution in [0.4, 0.5) is 14.6 Å². The summed E-state index contributed by atoms with van der Waals surface area (Å²) in [6.45, 7) is 5.97. The lowest BCUT2D eigenvalue weighted by Crippen LogP contribution is -2.47. The fraction of sp³-hybridized carbons (Fsp3) is 0.538. The molecule has 230 valence electrons. The van der Waals surface area contributed by atoms with Crippen molar-refractivity contribution >= 4 is 30.7 Å². The molecule has 1 aromatic carbocycles. The highest BCUT2D eigenvalue weighted by Gasteiger charge is 2.65. The van der Waals surface area contributed by atoms with Crippen LogP contribution in [0.2, 0.25) is 0 Å². The van der Waals surface area contributed by atoms with Crippen LogP contribution < -0.4 is 14.5 Å². The number of anilines is 1. The second-order valence-electron chi connectivity index (χ2n) is 10.6. The Kier molecular flexibility index (Phi) is 8.91. The smallest absolute Gasteiger partial charge is 0.459 e. The van der Waals surface area contributed by atoms with Crippen LogP contribution in [0.1, 0.15) is 39.7 Å². The van der Waals surface area contributed by atoms with E-state index in [2.05, 4.69) is 20.0 Å². The lowest BCUT2D eigenvalue weighted by molar-refractivity contribution is -0.202. The summed E-state index contributed by atoms with van der Waals surface area (Å²) in [5.74, 6) is -3.12. The summed E-state index contributed by atoms with van der Waals surface area (Å²) in [5.41, 5.74) is -2.27. The summed E-state index contributed by atoms with van der Waals surface area (Å²) in [7, 11) is -1.07. The SMILES string of the molecule is Cc1nc(N(C)C)c2ncn([C@@H]3O[C@](F)(CO[P@](=O)(N[C@H](C)C(=O)OC(C)C)Oc4ccccc4)[C@@H](O)[C@@]3(C)F)c2n1. The number of imidazole rings is 1. The molecule has 0 aliphatic carbocycles. The van der Waals surface area contributed by atoms with Crippen molar-refractivity contribution in [2.75, 3.05) is 25.6 Å². The Balaban J connectivity index is 1.62. The number of alkyl halides is 2. The molecule has 16 heteroatoms. The number of hydrogen-bond donors (Lipinski definition) is 2. The molecule has 2 N–H and O–H groups in total. The number of nitrogens with zero attached hydrogens (tertiary/aromatic N) is 5. The highest BCUT2D eigenvalue weighted by atomic mass is 31.2. The molecule has 6 atom stereocenters. The lowest BCUT2D eigenvalue weighted by Gasteiger charge is -2.28. The monoisotopic (exact) mass is 612 g/mol. The fourth-order valence-electron chi connectivity index (χ4n) is 4.36. The molecule has 3 heterocycles. The Morgan fingerprint density at radius 3 is 2.52 bits per heavy atom. The number of fused-ring (bicyclic) bond motifs is 1. The Morgan fingerprint density at radius 2 is 1.90 bits per heavy atom. The Morgan fingerprint density at radius 1 is 1.24 bits per heavy atom. The Hall–Kier alpha value is -3.23. The highest BCUT2D eigenvalue weighted by molar-refractivity contribution is 7.52. The molecule has 0 saturated carbocycles. The number of rotatable bonds is 11. The minimum atomic E-state index is -4.55. The van der Waals surface area contributed by atoms with Crippen molar-refractivity contribution in [3.05, 3.63) is 42.5 Å². The summed E-state index contributed by atoms with van der Waals surface area (Å²) in [6.07, 6.45) is -3.41. The maximum absolute atomic E-state index is 16.3. The van der Waals surface area contributed by atoms with Gasteiger partial charge in [-0.25, -0.2) is 28.3 Å². The predicted molar refractivity (Wildman–Crippen MR) is 148 cm³/mol. The third kappa shape index (κ3) is 6.40. The number of hydrogen-bond acceptors (Lipinski definition) is 11. The van der Waals surface area contributed by atoms with Crippen LogP contribution in [0.15, 0.2) is 36.7 Å².